The third kappa shape index (κ3) is 13.1. The molecule has 0 radical (unpaired) electrons. The average Bonchev–Trinajstić information content (AvgIpc) is 3.86. The number of aliphatic hydroxyl groups excluding tert-OH is 3. The molecule has 0 spiro atoms. The molecule has 11 atom stereocenters. The Labute approximate surface area is 369 Å². The number of imidazole rings is 1. The predicted octanol–water partition coefficient (Wildman–Crippen LogP) is -0.0228. The number of phosphoric acid groups is 3. The Kier molecular flexibility index (Phi) is 16.9. The average molecular weight is 988 g/mol. The van der Waals surface area contributed by atoms with Crippen molar-refractivity contribution in [2.24, 2.45) is 22.7 Å². The minimum Gasteiger partial charge on any atom is -0.393 e. The number of aromatic nitrogens is 4. The van der Waals surface area contributed by atoms with Crippen LogP contribution in [0.15, 0.2) is 24.8 Å². The van der Waals surface area contributed by atoms with Crippen LogP contribution in [-0.2, 0) is 55.5 Å². The highest BCUT2D eigenvalue weighted by Crippen LogP contribution is 2.61. The lowest BCUT2D eigenvalue weighted by molar-refractivity contribution is -0.137. The van der Waals surface area contributed by atoms with Gasteiger partial charge in [-0.05, 0) is 31.3 Å². The number of thioether (sulfide) groups is 1. The molecule has 2 aromatic rings. The molecule has 3 heterocycles. The normalized spacial score (nSPS) is 28.7. The van der Waals surface area contributed by atoms with Gasteiger partial charge in [-0.2, -0.15) is 4.31 Å². The molecule has 11 N–H and O–H groups in total. The first-order valence-corrected chi connectivity index (χ1v) is 25.2. The molecule has 358 valence electrons. The van der Waals surface area contributed by atoms with Crippen molar-refractivity contribution < 1.29 is 90.4 Å². The van der Waals surface area contributed by atoms with Crippen LogP contribution in [0.3, 0.4) is 0 Å². The number of anilines is 1. The smallest absolute Gasteiger partial charge is 0.393 e. The minimum atomic E-state index is -5.60. The van der Waals surface area contributed by atoms with Gasteiger partial charge in [0.25, 0.3) is 0 Å². The third-order valence-electron chi connectivity index (χ3n) is 11.2. The molecular formula is C34H52N7O19P3S. The van der Waals surface area contributed by atoms with Crippen LogP contribution in [0.25, 0.3) is 11.2 Å². The van der Waals surface area contributed by atoms with Gasteiger partial charge in [0.1, 0.15) is 42.0 Å². The number of hydrogen-bond donors (Lipinski definition) is 10. The molecular weight excluding hydrogens is 935 g/mol. The minimum absolute atomic E-state index is 0.0220. The van der Waals surface area contributed by atoms with Crippen molar-refractivity contribution in [3.63, 3.8) is 0 Å². The molecule has 5 rings (SSSR count). The number of ether oxygens (including phenoxy) is 1. The number of nitrogens with zero attached hydrogens (tertiary/aromatic N) is 4. The van der Waals surface area contributed by atoms with Crippen molar-refractivity contribution in [1.29, 1.82) is 0 Å². The molecule has 2 aromatic heterocycles. The van der Waals surface area contributed by atoms with Crippen LogP contribution < -0.4 is 16.4 Å². The molecule has 2 amide bonds. The summed E-state index contributed by atoms with van der Waals surface area (Å²) in [6.45, 7) is 2.22. The molecule has 1 aliphatic heterocycles. The molecule has 26 nitrogen and oxygen atoms in total. The molecule has 1 saturated heterocycles. The Balaban J connectivity index is 1.02. The second kappa shape index (κ2) is 20.8. The van der Waals surface area contributed by atoms with Crippen LogP contribution in [0.4, 0.5) is 5.82 Å². The number of aliphatic hydroxyl groups is 3. The van der Waals surface area contributed by atoms with Crippen LogP contribution in [0.2, 0.25) is 0 Å². The third-order valence-corrected chi connectivity index (χ3v) is 15.1. The van der Waals surface area contributed by atoms with E-state index in [4.69, 9.17) is 19.5 Å². The SMILES string of the molecule is CC(C)(COP(=O)(O)OP(=O)(O)OC[C@H]1O[C@@H](n2cnc3c(N)ncnc32)[C@H](O)[C@@H]1OP(=O)(O)O)[C@@H](O)C(=O)NCCC(=O)NCCSC(=O)/C=C/[C@@H]1[C@H](O)CC[C@]2(C)C(=O)CC[C@@H]12. The van der Waals surface area contributed by atoms with Crippen molar-refractivity contribution in [3.05, 3.63) is 24.8 Å². The van der Waals surface area contributed by atoms with E-state index in [0.717, 1.165) is 29.0 Å². The van der Waals surface area contributed by atoms with Gasteiger partial charge in [0.2, 0.25) is 16.9 Å². The number of Topliss-reactive ketones (excluding diaryl/α,β-unsaturated/α-hetero) is 1. The Bertz CT molecular complexity index is 2230. The second-order valence-corrected chi connectivity index (χ2v) is 21.6. The maximum Gasteiger partial charge on any atom is 0.481 e. The number of fused-ring (bicyclic) bond motifs is 2. The largest absolute Gasteiger partial charge is 0.481 e. The molecule has 2 saturated carbocycles. The molecule has 0 bridgehead atoms. The molecule has 64 heavy (non-hydrogen) atoms. The van der Waals surface area contributed by atoms with Crippen molar-refractivity contribution in [3.8, 4) is 0 Å². The van der Waals surface area contributed by atoms with Crippen molar-refractivity contribution in [2.45, 2.75) is 89.6 Å². The van der Waals surface area contributed by atoms with Crippen molar-refractivity contribution in [2.75, 3.05) is 37.8 Å². The number of carbonyl (C=O) groups is 4. The highest BCUT2D eigenvalue weighted by molar-refractivity contribution is 8.14. The van der Waals surface area contributed by atoms with E-state index < -0.39 is 96.1 Å². The number of nitrogens with one attached hydrogen (secondary N) is 2. The van der Waals surface area contributed by atoms with E-state index in [1.54, 1.807) is 6.08 Å². The van der Waals surface area contributed by atoms with Gasteiger partial charge in [-0.25, -0.2) is 28.6 Å². The number of hydrogen-bond acceptors (Lipinski definition) is 20. The number of amides is 2. The summed E-state index contributed by atoms with van der Waals surface area (Å²) < 4.78 is 62.3. The van der Waals surface area contributed by atoms with Crippen LogP contribution in [0.1, 0.15) is 59.1 Å². The van der Waals surface area contributed by atoms with Gasteiger partial charge in [0.15, 0.2) is 17.7 Å². The summed E-state index contributed by atoms with van der Waals surface area (Å²) >= 11 is 0.950. The molecule has 3 aliphatic rings. The molecule has 2 unspecified atom stereocenters. The van der Waals surface area contributed by atoms with E-state index in [9.17, 15) is 67.8 Å². The van der Waals surface area contributed by atoms with Gasteiger partial charge in [0, 0.05) is 48.4 Å². The van der Waals surface area contributed by atoms with E-state index in [2.05, 4.69) is 34.4 Å². The van der Waals surface area contributed by atoms with Gasteiger partial charge in [-0.1, -0.05) is 38.6 Å². The first-order chi connectivity index (χ1) is 29.7. The van der Waals surface area contributed by atoms with E-state index in [0.29, 0.717) is 25.7 Å². The zero-order valence-corrected chi connectivity index (χ0v) is 38.1. The fraction of sp³-hybridized carbons (Fsp3) is 0.676. The van der Waals surface area contributed by atoms with Crippen LogP contribution >= 0.6 is 35.2 Å². The number of ketones is 1. The summed E-state index contributed by atoms with van der Waals surface area (Å²) in [6.07, 6.45) is -2.41. The van der Waals surface area contributed by atoms with E-state index in [1.165, 1.54) is 19.9 Å². The summed E-state index contributed by atoms with van der Waals surface area (Å²) in [5.41, 5.74) is 3.73. The number of nitrogen functional groups attached to an aromatic ring is 1. The zero-order chi connectivity index (χ0) is 47.4. The zero-order valence-electron chi connectivity index (χ0n) is 34.6. The number of rotatable bonds is 21. The molecule has 3 fully saturated rings. The second-order valence-electron chi connectivity index (χ2n) is 16.3. The fourth-order valence-electron chi connectivity index (χ4n) is 7.73. The summed E-state index contributed by atoms with van der Waals surface area (Å²) in [7, 11) is -16.5. The van der Waals surface area contributed by atoms with Crippen LogP contribution in [-0.4, -0.2) is 140 Å². The maximum atomic E-state index is 12.7. The number of nitrogens with two attached hydrogens (primary N) is 1. The molecule has 2 aliphatic carbocycles. The highest BCUT2D eigenvalue weighted by atomic mass is 32.2. The Morgan fingerprint density at radius 3 is 2.48 bits per heavy atom. The topological polar surface area (TPSA) is 401 Å². The van der Waals surface area contributed by atoms with Crippen molar-refractivity contribution >= 4 is 74.9 Å². The molecule has 0 aromatic carbocycles. The monoisotopic (exact) mass is 987 g/mol. The summed E-state index contributed by atoms with van der Waals surface area (Å²) in [5, 5.41) is 36.7. The summed E-state index contributed by atoms with van der Waals surface area (Å²) in [4.78, 5) is 101. The van der Waals surface area contributed by atoms with Gasteiger partial charge in [-0.3, -0.25) is 37.3 Å². The quantitative estimate of drug-likeness (QED) is 0.0446. The van der Waals surface area contributed by atoms with Gasteiger partial charge < -0.3 is 56.0 Å². The fourth-order valence-corrected chi connectivity index (χ4v) is 11.1. The Morgan fingerprint density at radius 2 is 1.78 bits per heavy atom. The number of phosphoric ester groups is 3. The lowest BCUT2D eigenvalue weighted by atomic mass is 9.63. The van der Waals surface area contributed by atoms with E-state index in [1.807, 2.05) is 6.92 Å². The van der Waals surface area contributed by atoms with Crippen LogP contribution in [0, 0.1) is 22.7 Å². The van der Waals surface area contributed by atoms with E-state index >= 15 is 0 Å². The standard InChI is InChI=1S/C34H52N7O19P3S/c1-33(2,28(47)31(48)37-11-9-23(44)36-12-13-64-24(45)7-4-18-19-5-6-22(43)34(19,3)10-8-20(18)42)15-57-63(54,55)60-62(52,53)56-14-21-27(59-61(49,50)51)26(46)32(58-21)41-17-40-25-29(35)38-16-39-30(25)41/h4,7,16-21,26-28,32,42,46-47H,5-6,8-15H2,1-3H3,(H,36,44)(H,37,48)(H,52,53)(H,54,55)(H2,35,38,39)(H2,49,50,51)/b7-4+/t18-,19-,20+,21+,26+,27+,28-,32+,34-/m0/s1. The highest BCUT2D eigenvalue weighted by Gasteiger charge is 2.53. The van der Waals surface area contributed by atoms with E-state index in [-0.39, 0.29) is 65.0 Å². The summed E-state index contributed by atoms with van der Waals surface area (Å²) in [6, 6.07) is 0. The van der Waals surface area contributed by atoms with Gasteiger partial charge in [-0.15, -0.1) is 0 Å². The first-order valence-electron chi connectivity index (χ1n) is 19.7. The summed E-state index contributed by atoms with van der Waals surface area (Å²) in [5.74, 6) is -1.46. The number of carbonyl (C=O) groups excluding carboxylic acids is 4. The first kappa shape index (κ1) is 51.9. The van der Waals surface area contributed by atoms with Gasteiger partial charge in [0.05, 0.1) is 25.6 Å². The lowest BCUT2D eigenvalue weighted by Gasteiger charge is -2.42. The lowest BCUT2D eigenvalue weighted by Crippen LogP contribution is -2.46. The Morgan fingerprint density at radius 1 is 1.08 bits per heavy atom. The Hall–Kier alpha value is -3.07. The predicted molar refractivity (Wildman–Crippen MR) is 221 cm³/mol. The molecule has 30 heteroatoms. The van der Waals surface area contributed by atoms with Crippen molar-refractivity contribution in [1.82, 2.24) is 30.2 Å². The van der Waals surface area contributed by atoms with Crippen LogP contribution in [0.5, 0.6) is 0 Å². The maximum absolute atomic E-state index is 12.7. The van der Waals surface area contributed by atoms with Gasteiger partial charge >= 0.3 is 23.5 Å².